The Bertz CT molecular complexity index is 187. The fraction of sp³-hybridized carbons (Fsp3) is 0.909. The number of hydrogen-bond donors (Lipinski definition) is 1. The predicted octanol–water partition coefficient (Wildman–Crippen LogP) is 1.34. The van der Waals surface area contributed by atoms with E-state index in [4.69, 9.17) is 9.47 Å². The first-order valence-electron chi connectivity index (χ1n) is 5.30. The molecule has 0 amide bonds. The van der Waals surface area contributed by atoms with Crippen molar-refractivity contribution in [2.45, 2.75) is 45.8 Å². The van der Waals surface area contributed by atoms with Gasteiger partial charge in [-0.15, -0.1) is 0 Å². The van der Waals surface area contributed by atoms with E-state index in [1.807, 2.05) is 27.7 Å². The molecule has 1 atom stereocenters. The van der Waals surface area contributed by atoms with Crippen LogP contribution in [0.5, 0.6) is 0 Å². The van der Waals surface area contributed by atoms with Gasteiger partial charge in [0.15, 0.2) is 0 Å². The molecular weight excluding hydrogens is 194 g/mol. The average molecular weight is 217 g/mol. The van der Waals surface area contributed by atoms with E-state index in [-0.39, 0.29) is 12.1 Å². The third-order valence-corrected chi connectivity index (χ3v) is 1.76. The quantitative estimate of drug-likeness (QED) is 0.539. The van der Waals surface area contributed by atoms with Crippen LogP contribution in [-0.4, -0.2) is 37.9 Å². The molecule has 90 valence electrons. The van der Waals surface area contributed by atoms with Gasteiger partial charge < -0.3 is 14.8 Å². The summed E-state index contributed by atoms with van der Waals surface area (Å²) in [5, 5.41) is 3.13. The summed E-state index contributed by atoms with van der Waals surface area (Å²) < 4.78 is 10.2. The van der Waals surface area contributed by atoms with Gasteiger partial charge in [-0.05, 0) is 27.7 Å². The second-order valence-electron chi connectivity index (χ2n) is 4.59. The Balaban J connectivity index is 3.48. The molecule has 15 heavy (non-hydrogen) atoms. The lowest BCUT2D eigenvalue weighted by atomic mass is 10.2. The largest absolute Gasteiger partial charge is 0.460 e. The van der Waals surface area contributed by atoms with Gasteiger partial charge in [-0.1, -0.05) is 0 Å². The minimum Gasteiger partial charge on any atom is -0.460 e. The Labute approximate surface area is 92.3 Å². The third-order valence-electron chi connectivity index (χ3n) is 1.76. The van der Waals surface area contributed by atoms with Crippen LogP contribution >= 0.6 is 0 Å². The van der Waals surface area contributed by atoms with Gasteiger partial charge in [-0.3, -0.25) is 4.79 Å². The maximum absolute atomic E-state index is 11.3. The first-order chi connectivity index (χ1) is 6.85. The van der Waals surface area contributed by atoms with Crippen LogP contribution in [0.2, 0.25) is 0 Å². The van der Waals surface area contributed by atoms with Gasteiger partial charge in [-0.25, -0.2) is 0 Å². The molecule has 0 aliphatic rings. The lowest BCUT2D eigenvalue weighted by molar-refractivity contribution is -0.154. The molecule has 0 saturated carbocycles. The number of nitrogens with one attached hydrogen (secondary N) is 1. The van der Waals surface area contributed by atoms with Crippen LogP contribution in [-0.2, 0) is 14.3 Å². The maximum atomic E-state index is 11.3. The highest BCUT2D eigenvalue weighted by atomic mass is 16.6. The van der Waals surface area contributed by atoms with Gasteiger partial charge in [-0.2, -0.15) is 0 Å². The molecule has 1 N–H and O–H groups in total. The minimum absolute atomic E-state index is 0.167. The van der Waals surface area contributed by atoms with Gasteiger partial charge >= 0.3 is 5.97 Å². The standard InChI is InChI=1S/C11H23NO3/c1-9(14-5)8-12-7-6-10(13)15-11(2,3)4/h9,12H,6-8H2,1-5H3. The summed E-state index contributed by atoms with van der Waals surface area (Å²) in [6, 6.07) is 0. The Morgan fingerprint density at radius 2 is 2.00 bits per heavy atom. The topological polar surface area (TPSA) is 47.6 Å². The maximum Gasteiger partial charge on any atom is 0.307 e. The Kier molecular flexibility index (Phi) is 6.52. The van der Waals surface area contributed by atoms with E-state index < -0.39 is 5.60 Å². The van der Waals surface area contributed by atoms with Crippen molar-refractivity contribution in [2.24, 2.45) is 0 Å². The van der Waals surface area contributed by atoms with Gasteiger partial charge in [0.25, 0.3) is 0 Å². The number of esters is 1. The highest BCUT2D eigenvalue weighted by Gasteiger charge is 2.15. The van der Waals surface area contributed by atoms with Crippen molar-refractivity contribution < 1.29 is 14.3 Å². The molecule has 0 saturated heterocycles. The molecule has 4 nitrogen and oxygen atoms in total. The molecule has 0 aromatic carbocycles. The van der Waals surface area contributed by atoms with E-state index in [0.29, 0.717) is 13.0 Å². The number of carbonyl (C=O) groups excluding carboxylic acids is 1. The minimum atomic E-state index is -0.392. The van der Waals surface area contributed by atoms with Gasteiger partial charge in [0.1, 0.15) is 5.60 Å². The molecule has 1 unspecified atom stereocenters. The van der Waals surface area contributed by atoms with Crippen LogP contribution in [0.3, 0.4) is 0 Å². The molecule has 4 heteroatoms. The van der Waals surface area contributed by atoms with E-state index in [0.717, 1.165) is 6.54 Å². The molecule has 0 aromatic heterocycles. The zero-order valence-corrected chi connectivity index (χ0v) is 10.4. The molecule has 0 aliphatic carbocycles. The van der Waals surface area contributed by atoms with E-state index in [1.165, 1.54) is 0 Å². The third kappa shape index (κ3) is 9.69. The number of rotatable bonds is 6. The Morgan fingerprint density at radius 3 is 2.47 bits per heavy atom. The molecule has 0 radical (unpaired) electrons. The number of ether oxygens (including phenoxy) is 2. The summed E-state index contributed by atoms with van der Waals surface area (Å²) in [5.74, 6) is -0.167. The first-order valence-corrected chi connectivity index (χ1v) is 5.30. The van der Waals surface area contributed by atoms with Crippen LogP contribution in [0.1, 0.15) is 34.1 Å². The average Bonchev–Trinajstić information content (AvgIpc) is 2.09. The van der Waals surface area contributed by atoms with E-state index in [9.17, 15) is 4.79 Å². The SMILES string of the molecule is COC(C)CNCCC(=O)OC(C)(C)C. The van der Waals surface area contributed by atoms with Crippen LogP contribution < -0.4 is 5.32 Å². The molecule has 0 bridgehead atoms. The normalized spacial score (nSPS) is 13.7. The molecule has 0 aliphatic heterocycles. The predicted molar refractivity (Wildman–Crippen MR) is 59.8 cm³/mol. The van der Waals surface area contributed by atoms with Crippen molar-refractivity contribution in [1.29, 1.82) is 0 Å². The smallest absolute Gasteiger partial charge is 0.307 e. The van der Waals surface area contributed by atoms with Gasteiger partial charge in [0.05, 0.1) is 12.5 Å². The fourth-order valence-corrected chi connectivity index (χ4v) is 0.972. The first kappa shape index (κ1) is 14.4. The van der Waals surface area contributed by atoms with E-state index in [2.05, 4.69) is 5.32 Å². The zero-order valence-electron chi connectivity index (χ0n) is 10.4. The van der Waals surface area contributed by atoms with Crippen molar-refractivity contribution >= 4 is 5.97 Å². The van der Waals surface area contributed by atoms with Gasteiger partial charge in [0.2, 0.25) is 0 Å². The van der Waals surface area contributed by atoms with Crippen molar-refractivity contribution in [3.63, 3.8) is 0 Å². The van der Waals surface area contributed by atoms with Crippen LogP contribution in [0, 0.1) is 0 Å². The molecule has 0 rings (SSSR count). The molecule has 0 fully saturated rings. The lowest BCUT2D eigenvalue weighted by Gasteiger charge is -2.19. The van der Waals surface area contributed by atoms with E-state index in [1.54, 1.807) is 7.11 Å². The highest BCUT2D eigenvalue weighted by molar-refractivity contribution is 5.70. The Morgan fingerprint density at radius 1 is 1.40 bits per heavy atom. The molecule has 0 aromatic rings. The zero-order chi connectivity index (χ0) is 11.9. The van der Waals surface area contributed by atoms with Crippen molar-refractivity contribution in [3.8, 4) is 0 Å². The summed E-state index contributed by atoms with van der Waals surface area (Å²) in [6.45, 7) is 8.95. The summed E-state index contributed by atoms with van der Waals surface area (Å²) in [4.78, 5) is 11.3. The van der Waals surface area contributed by atoms with Crippen LogP contribution in [0.15, 0.2) is 0 Å². The summed E-state index contributed by atoms with van der Waals surface area (Å²) >= 11 is 0. The van der Waals surface area contributed by atoms with E-state index >= 15 is 0 Å². The lowest BCUT2D eigenvalue weighted by Crippen LogP contribution is -2.30. The fourth-order valence-electron chi connectivity index (χ4n) is 0.972. The molecular formula is C11H23NO3. The van der Waals surface area contributed by atoms with Gasteiger partial charge in [0, 0.05) is 20.2 Å². The summed E-state index contributed by atoms with van der Waals surface area (Å²) in [6.07, 6.45) is 0.567. The van der Waals surface area contributed by atoms with Crippen LogP contribution in [0.25, 0.3) is 0 Å². The molecule has 0 heterocycles. The Hall–Kier alpha value is -0.610. The monoisotopic (exact) mass is 217 g/mol. The summed E-state index contributed by atoms with van der Waals surface area (Å²) in [5.41, 5.74) is -0.392. The number of methoxy groups -OCH3 is 1. The van der Waals surface area contributed by atoms with Crippen molar-refractivity contribution in [1.82, 2.24) is 5.32 Å². The highest BCUT2D eigenvalue weighted by Crippen LogP contribution is 2.07. The second-order valence-corrected chi connectivity index (χ2v) is 4.59. The molecule has 0 spiro atoms. The number of hydrogen-bond acceptors (Lipinski definition) is 4. The second kappa shape index (κ2) is 6.80. The summed E-state index contributed by atoms with van der Waals surface area (Å²) in [7, 11) is 1.67. The number of carbonyl (C=O) groups is 1. The van der Waals surface area contributed by atoms with Crippen LogP contribution in [0.4, 0.5) is 0 Å². The van der Waals surface area contributed by atoms with Crippen molar-refractivity contribution in [3.05, 3.63) is 0 Å². The van der Waals surface area contributed by atoms with Crippen molar-refractivity contribution in [2.75, 3.05) is 20.2 Å².